The molecule has 0 aromatic heterocycles. The van der Waals surface area contributed by atoms with Gasteiger partial charge < -0.3 is 4.74 Å². The summed E-state index contributed by atoms with van der Waals surface area (Å²) >= 11 is 0. The largest absolute Gasteiger partial charge is 0.491 e. The highest BCUT2D eigenvalue weighted by molar-refractivity contribution is 5.31. The van der Waals surface area contributed by atoms with Crippen LogP contribution in [0.5, 0.6) is 5.75 Å². The molecule has 0 spiro atoms. The van der Waals surface area contributed by atoms with Crippen LogP contribution in [0.1, 0.15) is 102 Å². The van der Waals surface area contributed by atoms with Crippen molar-refractivity contribution in [1.82, 2.24) is 0 Å². The summed E-state index contributed by atoms with van der Waals surface area (Å²) in [6.07, 6.45) is 15.4. The van der Waals surface area contributed by atoms with E-state index in [-0.39, 0.29) is 5.82 Å². The highest BCUT2D eigenvalue weighted by Crippen LogP contribution is 2.38. The van der Waals surface area contributed by atoms with Gasteiger partial charge in [-0.3, -0.25) is 0 Å². The minimum absolute atomic E-state index is 0.188. The van der Waals surface area contributed by atoms with Gasteiger partial charge in [0.15, 0.2) is 11.6 Å². The zero-order chi connectivity index (χ0) is 17.9. The lowest BCUT2D eigenvalue weighted by Crippen LogP contribution is -2.13. The van der Waals surface area contributed by atoms with Gasteiger partial charge in [-0.2, -0.15) is 0 Å². The quantitative estimate of drug-likeness (QED) is 0.373. The van der Waals surface area contributed by atoms with Crippen molar-refractivity contribution in [2.75, 3.05) is 6.61 Å². The predicted molar refractivity (Wildman–Crippen MR) is 105 cm³/mol. The zero-order valence-electron chi connectivity index (χ0n) is 16.4. The number of rotatable bonds is 11. The van der Waals surface area contributed by atoms with Crippen molar-refractivity contribution in [2.45, 2.75) is 96.8 Å². The van der Waals surface area contributed by atoms with E-state index in [0.29, 0.717) is 18.3 Å². The lowest BCUT2D eigenvalue weighted by Gasteiger charge is -2.29. The molecule has 0 aliphatic heterocycles. The van der Waals surface area contributed by atoms with Crippen LogP contribution in [0.2, 0.25) is 0 Å². The second-order valence-corrected chi connectivity index (χ2v) is 7.81. The van der Waals surface area contributed by atoms with Gasteiger partial charge in [0.1, 0.15) is 0 Å². The minimum Gasteiger partial charge on any atom is -0.491 e. The second-order valence-electron chi connectivity index (χ2n) is 7.81. The molecular formula is C23H37FO. The van der Waals surface area contributed by atoms with E-state index in [0.717, 1.165) is 18.8 Å². The number of hydrogen-bond acceptors (Lipinski definition) is 1. The Balaban J connectivity index is 1.73. The van der Waals surface area contributed by atoms with Crippen molar-refractivity contribution in [3.8, 4) is 5.75 Å². The first-order valence-electron chi connectivity index (χ1n) is 10.7. The van der Waals surface area contributed by atoms with E-state index < -0.39 is 0 Å². The van der Waals surface area contributed by atoms with E-state index >= 15 is 0 Å². The van der Waals surface area contributed by atoms with E-state index in [1.807, 2.05) is 6.07 Å². The van der Waals surface area contributed by atoms with E-state index in [4.69, 9.17) is 4.74 Å². The standard InChI is InChI=1S/C23H37FO/c1-3-5-7-8-9-10-19-11-13-20(14-12-19)21-15-16-23(22(24)18-21)25-17-6-4-2/h15-16,18-20H,3-14,17H2,1-2H3. The number of benzene rings is 1. The SMILES string of the molecule is CCCCCCCC1CCC(c2ccc(OCCCC)c(F)c2)CC1. The summed E-state index contributed by atoms with van der Waals surface area (Å²) in [4.78, 5) is 0. The van der Waals surface area contributed by atoms with Crippen LogP contribution in [0.15, 0.2) is 18.2 Å². The first kappa shape index (κ1) is 20.3. The third-order valence-electron chi connectivity index (χ3n) is 5.75. The van der Waals surface area contributed by atoms with Gasteiger partial charge >= 0.3 is 0 Å². The van der Waals surface area contributed by atoms with Crippen LogP contribution in [-0.2, 0) is 0 Å². The fourth-order valence-corrected chi connectivity index (χ4v) is 4.04. The number of ether oxygens (including phenoxy) is 1. The smallest absolute Gasteiger partial charge is 0.165 e. The predicted octanol–water partition coefficient (Wildman–Crippen LogP) is 7.64. The molecule has 0 N–H and O–H groups in total. The lowest BCUT2D eigenvalue weighted by atomic mass is 9.77. The lowest BCUT2D eigenvalue weighted by molar-refractivity contribution is 0.291. The molecule has 1 saturated carbocycles. The third-order valence-corrected chi connectivity index (χ3v) is 5.75. The summed E-state index contributed by atoms with van der Waals surface area (Å²) in [6.45, 7) is 4.99. The van der Waals surface area contributed by atoms with E-state index in [1.54, 1.807) is 6.07 Å². The van der Waals surface area contributed by atoms with E-state index in [1.165, 1.54) is 69.8 Å². The average Bonchev–Trinajstić information content (AvgIpc) is 2.63. The number of hydrogen-bond donors (Lipinski definition) is 0. The van der Waals surface area contributed by atoms with E-state index in [2.05, 4.69) is 19.9 Å². The third kappa shape index (κ3) is 6.99. The Bertz CT molecular complexity index is 477. The molecule has 0 bridgehead atoms. The van der Waals surface area contributed by atoms with Gasteiger partial charge in [-0.05, 0) is 61.6 Å². The van der Waals surface area contributed by atoms with Gasteiger partial charge in [0.05, 0.1) is 6.61 Å². The summed E-state index contributed by atoms with van der Waals surface area (Å²) in [5.41, 5.74) is 1.17. The first-order chi connectivity index (χ1) is 12.2. The molecule has 2 rings (SSSR count). The Morgan fingerprint density at radius 3 is 2.32 bits per heavy atom. The van der Waals surface area contributed by atoms with Crippen LogP contribution in [0.3, 0.4) is 0 Å². The Hall–Kier alpha value is -1.05. The van der Waals surface area contributed by atoms with Crippen LogP contribution in [0.25, 0.3) is 0 Å². The van der Waals surface area contributed by atoms with Gasteiger partial charge in [-0.25, -0.2) is 4.39 Å². The average molecular weight is 349 g/mol. The highest BCUT2D eigenvalue weighted by atomic mass is 19.1. The van der Waals surface area contributed by atoms with Crippen LogP contribution in [0.4, 0.5) is 4.39 Å². The molecule has 0 saturated heterocycles. The molecule has 0 unspecified atom stereocenters. The highest BCUT2D eigenvalue weighted by Gasteiger charge is 2.22. The Morgan fingerprint density at radius 2 is 1.64 bits per heavy atom. The first-order valence-corrected chi connectivity index (χ1v) is 10.7. The van der Waals surface area contributed by atoms with Crippen LogP contribution in [-0.4, -0.2) is 6.61 Å². The molecule has 1 aromatic carbocycles. The van der Waals surface area contributed by atoms with Gasteiger partial charge in [0.2, 0.25) is 0 Å². The maximum atomic E-state index is 14.3. The van der Waals surface area contributed by atoms with Crippen molar-refractivity contribution in [1.29, 1.82) is 0 Å². The molecule has 25 heavy (non-hydrogen) atoms. The summed E-state index contributed by atoms with van der Waals surface area (Å²) in [7, 11) is 0. The molecule has 142 valence electrons. The molecule has 1 fully saturated rings. The zero-order valence-corrected chi connectivity index (χ0v) is 16.4. The summed E-state index contributed by atoms with van der Waals surface area (Å²) < 4.78 is 19.8. The summed E-state index contributed by atoms with van der Waals surface area (Å²) in [5.74, 6) is 1.67. The van der Waals surface area contributed by atoms with Crippen molar-refractivity contribution in [3.05, 3.63) is 29.6 Å². The topological polar surface area (TPSA) is 9.23 Å². The van der Waals surface area contributed by atoms with Crippen molar-refractivity contribution < 1.29 is 9.13 Å². The Morgan fingerprint density at radius 1 is 0.920 bits per heavy atom. The molecule has 0 radical (unpaired) electrons. The van der Waals surface area contributed by atoms with Gasteiger partial charge in [-0.1, -0.05) is 64.9 Å². The van der Waals surface area contributed by atoms with Gasteiger partial charge in [0, 0.05) is 0 Å². The van der Waals surface area contributed by atoms with Crippen LogP contribution >= 0.6 is 0 Å². The second kappa shape index (κ2) is 11.5. The molecular weight excluding hydrogens is 311 g/mol. The minimum atomic E-state index is -0.188. The van der Waals surface area contributed by atoms with E-state index in [9.17, 15) is 4.39 Å². The van der Waals surface area contributed by atoms with Crippen molar-refractivity contribution in [3.63, 3.8) is 0 Å². The normalized spacial score (nSPS) is 20.6. The van der Waals surface area contributed by atoms with Crippen LogP contribution < -0.4 is 4.74 Å². The monoisotopic (exact) mass is 348 g/mol. The fraction of sp³-hybridized carbons (Fsp3) is 0.739. The molecule has 1 aromatic rings. The Kier molecular flexibility index (Phi) is 9.36. The molecule has 2 heteroatoms. The molecule has 1 aliphatic rings. The molecule has 0 atom stereocenters. The summed E-state index contributed by atoms with van der Waals surface area (Å²) in [5, 5.41) is 0. The van der Waals surface area contributed by atoms with Crippen LogP contribution in [0, 0.1) is 11.7 Å². The van der Waals surface area contributed by atoms with Gasteiger partial charge in [-0.15, -0.1) is 0 Å². The number of unbranched alkanes of at least 4 members (excludes halogenated alkanes) is 5. The van der Waals surface area contributed by atoms with Crippen molar-refractivity contribution in [2.24, 2.45) is 5.92 Å². The summed E-state index contributed by atoms with van der Waals surface area (Å²) in [6, 6.07) is 5.64. The maximum Gasteiger partial charge on any atom is 0.165 e. The molecule has 1 aliphatic carbocycles. The Labute approximate surface area is 154 Å². The molecule has 0 heterocycles. The molecule has 0 amide bonds. The van der Waals surface area contributed by atoms with Gasteiger partial charge in [0.25, 0.3) is 0 Å². The fourth-order valence-electron chi connectivity index (χ4n) is 4.04. The number of halogens is 1. The maximum absolute atomic E-state index is 14.3. The molecule has 1 nitrogen and oxygen atoms in total. The van der Waals surface area contributed by atoms with Crippen molar-refractivity contribution >= 4 is 0 Å².